The summed E-state index contributed by atoms with van der Waals surface area (Å²) in [7, 11) is 1.61. The predicted molar refractivity (Wildman–Crippen MR) is 93.3 cm³/mol. The van der Waals surface area contributed by atoms with E-state index in [-0.39, 0.29) is 6.42 Å². The van der Waals surface area contributed by atoms with Crippen LogP contribution in [0.2, 0.25) is 5.02 Å². The van der Waals surface area contributed by atoms with Gasteiger partial charge in [-0.2, -0.15) is 0 Å². The summed E-state index contributed by atoms with van der Waals surface area (Å²) in [5, 5.41) is 12.4. The third kappa shape index (κ3) is 3.58. The van der Waals surface area contributed by atoms with Crippen LogP contribution in [0.1, 0.15) is 4.88 Å². The number of nitrogens with zero attached hydrogens (tertiary/aromatic N) is 1. The Morgan fingerprint density at radius 1 is 1.12 bits per heavy atom. The molecule has 4 nitrogen and oxygen atoms in total. The van der Waals surface area contributed by atoms with Crippen LogP contribution in [0.3, 0.4) is 0 Å². The number of aromatic nitrogens is 1. The summed E-state index contributed by atoms with van der Waals surface area (Å²) in [6.07, 6.45) is -0.175. The Morgan fingerprint density at radius 2 is 1.75 bits per heavy atom. The van der Waals surface area contributed by atoms with E-state index in [1.807, 2.05) is 36.4 Å². The first-order chi connectivity index (χ1) is 11.6. The van der Waals surface area contributed by atoms with Gasteiger partial charge in [0.2, 0.25) is 0 Å². The maximum absolute atomic E-state index is 11.1. The molecule has 1 heterocycles. The summed E-state index contributed by atoms with van der Waals surface area (Å²) < 4.78 is 5.15. The van der Waals surface area contributed by atoms with Crippen LogP contribution in [-0.4, -0.2) is 18.1 Å². The second-order valence-corrected chi connectivity index (χ2v) is 6.60. The van der Waals surface area contributed by atoms with Gasteiger partial charge in [0, 0.05) is 33.4 Å². The van der Waals surface area contributed by atoms with Crippen molar-refractivity contribution in [3.8, 4) is 27.6 Å². The molecule has 0 saturated carbocycles. The maximum Gasteiger partial charge on any atom is 0.124 e. The van der Waals surface area contributed by atoms with Gasteiger partial charge in [-0.25, -0.2) is 4.98 Å². The first kappa shape index (κ1) is 16.5. The zero-order valence-corrected chi connectivity index (χ0v) is 14.4. The standard InChI is InChI=1S/C18H14ClNO3S/c1-23-14-8-4-12(5-9-14)18-20-17(15(24-18)10-16(21)22)11-2-6-13(19)7-3-11/h2-9H,10H2,1H3,(H,21,22)/p-1. The summed E-state index contributed by atoms with van der Waals surface area (Å²) in [6.45, 7) is 0. The zero-order valence-electron chi connectivity index (χ0n) is 12.8. The number of halogens is 1. The second kappa shape index (κ2) is 7.03. The monoisotopic (exact) mass is 358 g/mol. The number of thiazole rings is 1. The molecule has 6 heteroatoms. The van der Waals surface area contributed by atoms with Crippen LogP contribution in [0, 0.1) is 0 Å². The molecule has 0 aliphatic carbocycles. The molecule has 0 fully saturated rings. The molecule has 122 valence electrons. The normalized spacial score (nSPS) is 10.6. The Balaban J connectivity index is 2.04. The molecule has 3 rings (SSSR count). The van der Waals surface area contributed by atoms with E-state index < -0.39 is 5.97 Å². The summed E-state index contributed by atoms with van der Waals surface area (Å²) in [6, 6.07) is 14.6. The number of carbonyl (C=O) groups excluding carboxylic acids is 1. The average Bonchev–Trinajstić information content (AvgIpc) is 2.98. The van der Waals surface area contributed by atoms with Crippen molar-refractivity contribution in [2.45, 2.75) is 6.42 Å². The van der Waals surface area contributed by atoms with Gasteiger partial charge in [0.1, 0.15) is 10.8 Å². The van der Waals surface area contributed by atoms with Gasteiger partial charge in [0.05, 0.1) is 12.8 Å². The fraction of sp³-hybridized carbons (Fsp3) is 0.111. The minimum Gasteiger partial charge on any atom is -0.550 e. The van der Waals surface area contributed by atoms with Crippen molar-refractivity contribution < 1.29 is 14.6 Å². The molecule has 0 amide bonds. The van der Waals surface area contributed by atoms with Gasteiger partial charge in [0.15, 0.2) is 0 Å². The van der Waals surface area contributed by atoms with Crippen LogP contribution in [0.5, 0.6) is 5.75 Å². The number of hydrogen-bond acceptors (Lipinski definition) is 5. The minimum absolute atomic E-state index is 0.175. The van der Waals surface area contributed by atoms with Crippen molar-refractivity contribution in [2.24, 2.45) is 0 Å². The summed E-state index contributed by atoms with van der Waals surface area (Å²) >= 11 is 7.27. The van der Waals surface area contributed by atoms with Crippen molar-refractivity contribution in [1.82, 2.24) is 4.98 Å². The van der Waals surface area contributed by atoms with Gasteiger partial charge < -0.3 is 14.6 Å². The maximum atomic E-state index is 11.1. The van der Waals surface area contributed by atoms with E-state index in [4.69, 9.17) is 16.3 Å². The average molecular weight is 359 g/mol. The molecule has 2 aromatic carbocycles. The lowest BCUT2D eigenvalue weighted by Gasteiger charge is -2.03. The largest absolute Gasteiger partial charge is 0.550 e. The Kier molecular flexibility index (Phi) is 4.83. The van der Waals surface area contributed by atoms with Crippen LogP contribution < -0.4 is 9.84 Å². The highest BCUT2D eigenvalue weighted by atomic mass is 35.5. The first-order valence-corrected chi connectivity index (χ1v) is 8.36. The Hall–Kier alpha value is -2.37. The number of hydrogen-bond donors (Lipinski definition) is 0. The van der Waals surface area contributed by atoms with Crippen LogP contribution in [-0.2, 0) is 11.2 Å². The molecule has 0 radical (unpaired) electrons. The van der Waals surface area contributed by atoms with Crippen LogP contribution in [0.4, 0.5) is 0 Å². The van der Waals surface area contributed by atoms with E-state index in [9.17, 15) is 9.90 Å². The summed E-state index contributed by atoms with van der Waals surface area (Å²) in [5.41, 5.74) is 2.37. The highest BCUT2D eigenvalue weighted by Gasteiger charge is 2.15. The van der Waals surface area contributed by atoms with Crippen molar-refractivity contribution >= 4 is 28.9 Å². The van der Waals surface area contributed by atoms with Gasteiger partial charge in [-0.3, -0.25) is 0 Å². The molecule has 1 aromatic heterocycles. The minimum atomic E-state index is -1.13. The van der Waals surface area contributed by atoms with Gasteiger partial charge in [0.25, 0.3) is 0 Å². The van der Waals surface area contributed by atoms with Gasteiger partial charge in [-0.15, -0.1) is 11.3 Å². The number of ether oxygens (including phenoxy) is 1. The quantitative estimate of drug-likeness (QED) is 0.701. The smallest absolute Gasteiger partial charge is 0.124 e. The van der Waals surface area contributed by atoms with Crippen molar-refractivity contribution in [3.05, 3.63) is 58.4 Å². The Bertz CT molecular complexity index is 857. The number of carboxylic acid groups (broad SMARTS) is 1. The lowest BCUT2D eigenvalue weighted by molar-refractivity contribution is -0.304. The fourth-order valence-corrected chi connectivity index (χ4v) is 3.49. The molecule has 3 aromatic rings. The van der Waals surface area contributed by atoms with Gasteiger partial charge >= 0.3 is 0 Å². The van der Waals surface area contributed by atoms with Gasteiger partial charge in [-0.1, -0.05) is 23.7 Å². The molecular weight excluding hydrogens is 346 g/mol. The molecule has 0 aliphatic rings. The fourth-order valence-electron chi connectivity index (χ4n) is 2.29. The Labute approximate surface area is 148 Å². The second-order valence-electron chi connectivity index (χ2n) is 5.07. The van der Waals surface area contributed by atoms with Crippen molar-refractivity contribution in [1.29, 1.82) is 0 Å². The van der Waals surface area contributed by atoms with Crippen LogP contribution in [0.15, 0.2) is 48.5 Å². The van der Waals surface area contributed by atoms with E-state index in [1.165, 1.54) is 11.3 Å². The summed E-state index contributed by atoms with van der Waals surface area (Å²) in [4.78, 5) is 16.4. The first-order valence-electron chi connectivity index (χ1n) is 7.16. The number of rotatable bonds is 5. The number of aliphatic carboxylic acids is 1. The van der Waals surface area contributed by atoms with E-state index >= 15 is 0 Å². The zero-order chi connectivity index (χ0) is 17.1. The molecule has 0 unspecified atom stereocenters. The third-order valence-corrected chi connectivity index (χ3v) is 4.81. The molecule has 0 N–H and O–H groups in total. The number of methoxy groups -OCH3 is 1. The SMILES string of the molecule is COc1ccc(-c2nc(-c3ccc(Cl)cc3)c(CC(=O)[O-])s2)cc1. The van der Waals surface area contributed by atoms with E-state index in [0.29, 0.717) is 15.6 Å². The molecule has 0 saturated heterocycles. The molecule has 0 bridgehead atoms. The van der Waals surface area contributed by atoms with Gasteiger partial charge in [-0.05, 0) is 36.4 Å². The lowest BCUT2D eigenvalue weighted by Crippen LogP contribution is -2.24. The van der Waals surface area contributed by atoms with Crippen molar-refractivity contribution in [3.63, 3.8) is 0 Å². The summed E-state index contributed by atoms with van der Waals surface area (Å²) in [5.74, 6) is -0.377. The van der Waals surface area contributed by atoms with Crippen LogP contribution >= 0.6 is 22.9 Å². The molecule has 0 spiro atoms. The van der Waals surface area contributed by atoms with E-state index in [1.54, 1.807) is 19.2 Å². The molecule has 24 heavy (non-hydrogen) atoms. The number of carboxylic acids is 1. The Morgan fingerprint density at radius 3 is 2.33 bits per heavy atom. The third-order valence-electron chi connectivity index (χ3n) is 3.46. The topological polar surface area (TPSA) is 62.2 Å². The number of benzene rings is 2. The highest BCUT2D eigenvalue weighted by Crippen LogP contribution is 2.35. The predicted octanol–water partition coefficient (Wildman–Crippen LogP) is 3.43. The van der Waals surface area contributed by atoms with Crippen LogP contribution in [0.25, 0.3) is 21.8 Å². The molecular formula is C18H13ClNO3S-. The van der Waals surface area contributed by atoms with E-state index in [2.05, 4.69) is 4.98 Å². The van der Waals surface area contributed by atoms with E-state index in [0.717, 1.165) is 21.9 Å². The lowest BCUT2D eigenvalue weighted by atomic mass is 10.1. The van der Waals surface area contributed by atoms with Crippen molar-refractivity contribution in [2.75, 3.05) is 7.11 Å². The molecule has 0 aliphatic heterocycles. The number of carbonyl (C=O) groups is 1. The highest BCUT2D eigenvalue weighted by molar-refractivity contribution is 7.15. The molecule has 0 atom stereocenters.